The highest BCUT2D eigenvalue weighted by Crippen LogP contribution is 2.35. The Morgan fingerprint density at radius 2 is 2.00 bits per heavy atom. The van der Waals surface area contributed by atoms with Gasteiger partial charge in [0, 0.05) is 28.0 Å². The summed E-state index contributed by atoms with van der Waals surface area (Å²) in [6.07, 6.45) is 2.50. The van der Waals surface area contributed by atoms with Gasteiger partial charge in [0.2, 0.25) is 0 Å². The van der Waals surface area contributed by atoms with Gasteiger partial charge in [-0.05, 0) is 48.4 Å². The number of rotatable bonds is 8. The fourth-order valence-corrected chi connectivity index (χ4v) is 4.63. The number of benzene rings is 2. The van der Waals surface area contributed by atoms with E-state index >= 15 is 0 Å². The molecular formula is C22H19BrClNO4S2. The minimum atomic E-state index is -0.308. The molecule has 162 valence electrons. The van der Waals surface area contributed by atoms with Crippen LogP contribution in [0.2, 0.25) is 5.02 Å². The molecule has 0 atom stereocenters. The third-order valence-electron chi connectivity index (χ3n) is 4.43. The SMILES string of the molecule is COC(=O)CCCN1C(=O)/C(=C\c2cc(Br)ccc2OCc2ccc(Cl)cc2)SC1=S. The van der Waals surface area contributed by atoms with E-state index in [4.69, 9.17) is 28.6 Å². The Kier molecular flexibility index (Phi) is 8.54. The summed E-state index contributed by atoms with van der Waals surface area (Å²) in [7, 11) is 1.34. The number of ether oxygens (including phenoxy) is 2. The number of nitrogens with zero attached hydrogens (tertiary/aromatic N) is 1. The van der Waals surface area contributed by atoms with Gasteiger partial charge in [0.1, 0.15) is 16.7 Å². The van der Waals surface area contributed by atoms with Crippen LogP contribution in [0.1, 0.15) is 24.0 Å². The molecule has 9 heteroatoms. The van der Waals surface area contributed by atoms with Crippen molar-refractivity contribution in [2.45, 2.75) is 19.4 Å². The lowest BCUT2D eigenvalue weighted by Crippen LogP contribution is -2.29. The smallest absolute Gasteiger partial charge is 0.305 e. The van der Waals surface area contributed by atoms with Crippen LogP contribution in [0.4, 0.5) is 0 Å². The maximum atomic E-state index is 12.8. The van der Waals surface area contributed by atoms with Crippen LogP contribution in [0.5, 0.6) is 5.75 Å². The zero-order chi connectivity index (χ0) is 22.4. The van der Waals surface area contributed by atoms with Gasteiger partial charge in [-0.15, -0.1) is 0 Å². The van der Waals surface area contributed by atoms with E-state index in [0.717, 1.165) is 15.6 Å². The average Bonchev–Trinajstić information content (AvgIpc) is 3.01. The van der Waals surface area contributed by atoms with E-state index in [1.165, 1.54) is 23.8 Å². The molecule has 31 heavy (non-hydrogen) atoms. The molecule has 1 aliphatic heterocycles. The first-order valence-corrected chi connectivity index (χ1v) is 11.8. The second-order valence-electron chi connectivity index (χ2n) is 6.61. The molecule has 0 aromatic heterocycles. The fourth-order valence-electron chi connectivity index (χ4n) is 2.82. The molecule has 0 saturated carbocycles. The van der Waals surface area contributed by atoms with Gasteiger partial charge in [0.15, 0.2) is 0 Å². The Morgan fingerprint density at radius 3 is 2.71 bits per heavy atom. The van der Waals surface area contributed by atoms with Crippen LogP contribution in [0.3, 0.4) is 0 Å². The van der Waals surface area contributed by atoms with E-state index in [9.17, 15) is 9.59 Å². The summed E-state index contributed by atoms with van der Waals surface area (Å²) >= 11 is 16.0. The maximum Gasteiger partial charge on any atom is 0.305 e. The molecule has 3 rings (SSSR count). The Labute approximate surface area is 203 Å². The molecular weight excluding hydrogens is 522 g/mol. The Balaban J connectivity index is 1.73. The molecule has 0 spiro atoms. The number of thioether (sulfide) groups is 1. The minimum absolute atomic E-state index is 0.177. The summed E-state index contributed by atoms with van der Waals surface area (Å²) in [6, 6.07) is 13.1. The van der Waals surface area contributed by atoms with Gasteiger partial charge in [-0.3, -0.25) is 14.5 Å². The van der Waals surface area contributed by atoms with Crippen LogP contribution in [0.25, 0.3) is 6.08 Å². The standard InChI is InChI=1S/C22H19BrClNO4S2/c1-28-20(26)3-2-10-25-21(27)19(31-22(25)30)12-15-11-16(23)6-9-18(15)29-13-14-4-7-17(24)8-5-14/h4-9,11-12H,2-3,10,13H2,1H3/b19-12+. The van der Waals surface area contributed by atoms with E-state index in [1.807, 2.05) is 42.5 Å². The van der Waals surface area contributed by atoms with Crippen molar-refractivity contribution in [2.24, 2.45) is 0 Å². The Hall–Kier alpha value is -1.87. The summed E-state index contributed by atoms with van der Waals surface area (Å²) in [5, 5.41) is 0.668. The van der Waals surface area contributed by atoms with Crippen LogP contribution in [0.15, 0.2) is 51.8 Å². The van der Waals surface area contributed by atoms with Crippen molar-refractivity contribution < 1.29 is 19.1 Å². The third-order valence-corrected chi connectivity index (χ3v) is 6.55. The number of methoxy groups -OCH3 is 1. The number of halogens is 2. The molecule has 0 N–H and O–H groups in total. The van der Waals surface area contributed by atoms with Crippen LogP contribution in [-0.4, -0.2) is 34.8 Å². The first-order valence-electron chi connectivity index (χ1n) is 9.36. The number of amides is 1. The number of thiocarbonyl (C=S) groups is 1. The molecule has 0 bridgehead atoms. The monoisotopic (exact) mass is 539 g/mol. The molecule has 1 fully saturated rings. The van der Waals surface area contributed by atoms with E-state index in [-0.39, 0.29) is 18.3 Å². The first kappa shape index (κ1) is 23.8. The Bertz CT molecular complexity index is 1030. The number of carbonyl (C=O) groups excluding carboxylic acids is 2. The highest BCUT2D eigenvalue weighted by Gasteiger charge is 2.32. The summed E-state index contributed by atoms with van der Waals surface area (Å²) in [6.45, 7) is 0.740. The lowest BCUT2D eigenvalue weighted by molar-refractivity contribution is -0.141. The van der Waals surface area contributed by atoms with Crippen molar-refractivity contribution >= 4 is 73.8 Å². The van der Waals surface area contributed by atoms with Gasteiger partial charge in [-0.1, -0.05) is 63.6 Å². The largest absolute Gasteiger partial charge is 0.488 e. The summed E-state index contributed by atoms with van der Waals surface area (Å²) in [5.41, 5.74) is 1.74. The highest BCUT2D eigenvalue weighted by atomic mass is 79.9. The lowest BCUT2D eigenvalue weighted by Gasteiger charge is -2.13. The van der Waals surface area contributed by atoms with Crippen molar-refractivity contribution in [2.75, 3.05) is 13.7 Å². The number of hydrogen-bond donors (Lipinski definition) is 0. The normalized spacial score (nSPS) is 14.9. The van der Waals surface area contributed by atoms with E-state index in [1.54, 1.807) is 6.08 Å². The molecule has 1 aliphatic rings. The van der Waals surface area contributed by atoms with Crippen molar-refractivity contribution in [1.29, 1.82) is 0 Å². The molecule has 2 aromatic carbocycles. The second kappa shape index (κ2) is 11.1. The molecule has 0 unspecified atom stereocenters. The second-order valence-corrected chi connectivity index (χ2v) is 9.64. The topological polar surface area (TPSA) is 55.8 Å². The van der Waals surface area contributed by atoms with Gasteiger partial charge in [-0.2, -0.15) is 0 Å². The molecule has 2 aromatic rings. The molecule has 1 saturated heterocycles. The maximum absolute atomic E-state index is 12.8. The fraction of sp³-hybridized carbons (Fsp3) is 0.227. The van der Waals surface area contributed by atoms with Crippen molar-refractivity contribution in [1.82, 2.24) is 4.90 Å². The van der Waals surface area contributed by atoms with Gasteiger partial charge < -0.3 is 9.47 Å². The molecule has 0 aliphatic carbocycles. The zero-order valence-corrected chi connectivity index (χ0v) is 20.6. The first-order chi connectivity index (χ1) is 14.9. The zero-order valence-electron chi connectivity index (χ0n) is 16.6. The van der Waals surface area contributed by atoms with Gasteiger partial charge in [0.05, 0.1) is 12.0 Å². The third kappa shape index (κ3) is 6.55. The molecule has 5 nitrogen and oxygen atoms in total. The molecule has 1 heterocycles. The number of hydrogen-bond acceptors (Lipinski definition) is 6. The summed E-state index contributed by atoms with van der Waals surface area (Å²) < 4.78 is 12.0. The predicted octanol–water partition coefficient (Wildman–Crippen LogP) is 5.84. The quantitative estimate of drug-likeness (QED) is 0.238. The van der Waals surface area contributed by atoms with Crippen molar-refractivity contribution in [3.05, 3.63) is 68.0 Å². The number of esters is 1. The molecule has 0 radical (unpaired) electrons. The average molecular weight is 541 g/mol. The summed E-state index contributed by atoms with van der Waals surface area (Å²) in [4.78, 5) is 26.2. The number of carbonyl (C=O) groups is 2. The van der Waals surface area contributed by atoms with Crippen molar-refractivity contribution in [3.63, 3.8) is 0 Å². The van der Waals surface area contributed by atoms with Crippen LogP contribution in [-0.2, 0) is 20.9 Å². The predicted molar refractivity (Wildman–Crippen MR) is 131 cm³/mol. The van der Waals surface area contributed by atoms with Crippen LogP contribution < -0.4 is 4.74 Å². The molecule has 1 amide bonds. The lowest BCUT2D eigenvalue weighted by atomic mass is 10.1. The highest BCUT2D eigenvalue weighted by molar-refractivity contribution is 9.10. The van der Waals surface area contributed by atoms with Crippen LogP contribution in [0, 0.1) is 0 Å². The van der Waals surface area contributed by atoms with Gasteiger partial charge in [-0.25, -0.2) is 0 Å². The van der Waals surface area contributed by atoms with Gasteiger partial charge >= 0.3 is 5.97 Å². The van der Waals surface area contributed by atoms with Crippen molar-refractivity contribution in [3.8, 4) is 5.75 Å². The van der Waals surface area contributed by atoms with Gasteiger partial charge in [0.25, 0.3) is 5.91 Å². The van der Waals surface area contributed by atoms with E-state index in [0.29, 0.717) is 39.6 Å². The van der Waals surface area contributed by atoms with E-state index < -0.39 is 0 Å². The van der Waals surface area contributed by atoms with E-state index in [2.05, 4.69) is 20.7 Å². The Morgan fingerprint density at radius 1 is 1.26 bits per heavy atom. The summed E-state index contributed by atoms with van der Waals surface area (Å²) in [5.74, 6) is 0.162. The van der Waals surface area contributed by atoms with Crippen LogP contribution >= 0.6 is 51.5 Å². The minimum Gasteiger partial charge on any atom is -0.488 e.